The van der Waals surface area contributed by atoms with E-state index < -0.39 is 29.9 Å². The van der Waals surface area contributed by atoms with E-state index in [-0.39, 0.29) is 13.2 Å². The van der Waals surface area contributed by atoms with Gasteiger partial charge < -0.3 is 29.4 Å². The van der Waals surface area contributed by atoms with Crippen LogP contribution in [0.5, 0.6) is 0 Å². The van der Waals surface area contributed by atoms with E-state index in [1.54, 1.807) is 27.9 Å². The number of nitrogens with one attached hydrogen (secondary N) is 1. The topological polar surface area (TPSA) is 110 Å². The van der Waals surface area contributed by atoms with Crippen molar-refractivity contribution in [3.8, 4) is 6.07 Å². The largest absolute Gasteiger partial charge is 0.444 e. The Morgan fingerprint density at radius 1 is 1.24 bits per heavy atom. The Balaban J connectivity index is 2.86. The molecular weight excluding hydrogens is 376 g/mol. The second kappa shape index (κ2) is 13.8. The third kappa shape index (κ3) is 11.4. The number of aliphatic hydroxyl groups excluding tert-OH is 1. The highest BCUT2D eigenvalue weighted by atomic mass is 16.7. The third-order valence-corrected chi connectivity index (χ3v) is 4.87. The first kappa shape index (κ1) is 25.6. The summed E-state index contributed by atoms with van der Waals surface area (Å²) in [5, 5.41) is 22.5. The number of methoxy groups -OCH3 is 1. The van der Waals surface area contributed by atoms with Crippen molar-refractivity contribution in [3.05, 3.63) is 0 Å². The second-order valence-electron chi connectivity index (χ2n) is 8.57. The van der Waals surface area contributed by atoms with Gasteiger partial charge in [0.05, 0.1) is 37.8 Å². The Morgan fingerprint density at radius 3 is 2.52 bits per heavy atom. The molecule has 1 aliphatic carbocycles. The van der Waals surface area contributed by atoms with E-state index in [0.29, 0.717) is 25.6 Å². The lowest BCUT2D eigenvalue weighted by Crippen LogP contribution is -2.52. The van der Waals surface area contributed by atoms with Crippen molar-refractivity contribution >= 4 is 6.09 Å². The predicted molar refractivity (Wildman–Crippen MR) is 108 cm³/mol. The van der Waals surface area contributed by atoms with E-state index in [0.717, 1.165) is 25.7 Å². The number of amides is 1. The Labute approximate surface area is 174 Å². The number of ether oxygens (including phenoxy) is 4. The molecule has 29 heavy (non-hydrogen) atoms. The van der Waals surface area contributed by atoms with E-state index in [1.165, 1.54) is 6.42 Å². The van der Waals surface area contributed by atoms with Crippen LogP contribution in [0.4, 0.5) is 4.79 Å². The maximum absolute atomic E-state index is 12.4. The summed E-state index contributed by atoms with van der Waals surface area (Å²) < 4.78 is 21.5. The minimum Gasteiger partial charge on any atom is -0.444 e. The molecule has 1 saturated carbocycles. The number of rotatable bonds is 12. The molecule has 8 heteroatoms. The molecule has 168 valence electrons. The highest BCUT2D eigenvalue weighted by Gasteiger charge is 2.34. The zero-order valence-corrected chi connectivity index (χ0v) is 18.3. The molecule has 3 atom stereocenters. The van der Waals surface area contributed by atoms with Crippen LogP contribution in [0.25, 0.3) is 0 Å². The van der Waals surface area contributed by atoms with Gasteiger partial charge in [-0.05, 0) is 33.1 Å². The Bertz CT molecular complexity index is 496. The SMILES string of the molecule is COCCOCO[C@H]([C@H](CC1CCCCC1)NC(=O)OC(C)(C)C)[C@@H](O)CC#N. The molecule has 2 N–H and O–H groups in total. The molecule has 0 aromatic carbocycles. The Hall–Kier alpha value is -1.40. The summed E-state index contributed by atoms with van der Waals surface area (Å²) in [5.74, 6) is 0.429. The lowest BCUT2D eigenvalue weighted by Gasteiger charge is -2.34. The molecule has 8 nitrogen and oxygen atoms in total. The van der Waals surface area contributed by atoms with Crippen LogP contribution in [0.15, 0.2) is 0 Å². The molecule has 0 bridgehead atoms. The quantitative estimate of drug-likeness (QED) is 0.373. The zero-order valence-electron chi connectivity index (χ0n) is 18.3. The van der Waals surface area contributed by atoms with Gasteiger partial charge in [0.2, 0.25) is 0 Å². The summed E-state index contributed by atoms with van der Waals surface area (Å²) in [6, 6.07) is 1.49. The summed E-state index contributed by atoms with van der Waals surface area (Å²) >= 11 is 0. The highest BCUT2D eigenvalue weighted by Crippen LogP contribution is 2.29. The van der Waals surface area contributed by atoms with Gasteiger partial charge in [-0.3, -0.25) is 0 Å². The summed E-state index contributed by atoms with van der Waals surface area (Å²) in [6.45, 7) is 6.11. The van der Waals surface area contributed by atoms with E-state index in [4.69, 9.17) is 24.2 Å². The molecule has 0 unspecified atom stereocenters. The van der Waals surface area contributed by atoms with Crippen LogP contribution in [0.3, 0.4) is 0 Å². The first-order valence-corrected chi connectivity index (χ1v) is 10.5. The number of carbonyl (C=O) groups excluding carboxylic acids is 1. The number of nitrogens with zero attached hydrogens (tertiary/aromatic N) is 1. The molecule has 1 aliphatic rings. The number of nitriles is 1. The zero-order chi connectivity index (χ0) is 21.7. The molecule has 0 saturated heterocycles. The average Bonchev–Trinajstić information content (AvgIpc) is 2.63. The minimum atomic E-state index is -1.05. The Kier molecular flexibility index (Phi) is 12.2. The van der Waals surface area contributed by atoms with Crippen molar-refractivity contribution in [1.29, 1.82) is 5.26 Å². The summed E-state index contributed by atoms with van der Waals surface area (Å²) in [6.07, 6.45) is 3.90. The van der Waals surface area contributed by atoms with Crippen LogP contribution in [-0.4, -0.2) is 62.2 Å². The number of hydrogen-bond donors (Lipinski definition) is 2. The summed E-state index contributed by atoms with van der Waals surface area (Å²) in [7, 11) is 1.58. The van der Waals surface area contributed by atoms with Gasteiger partial charge in [0, 0.05) is 7.11 Å². The molecule has 1 fully saturated rings. The van der Waals surface area contributed by atoms with Crippen molar-refractivity contribution < 1.29 is 28.8 Å². The fraction of sp³-hybridized carbons (Fsp3) is 0.905. The van der Waals surface area contributed by atoms with Crippen LogP contribution in [0, 0.1) is 17.2 Å². The average molecular weight is 415 g/mol. The summed E-state index contributed by atoms with van der Waals surface area (Å²) in [4.78, 5) is 12.4. The van der Waals surface area contributed by atoms with Crippen LogP contribution < -0.4 is 5.32 Å². The first-order chi connectivity index (χ1) is 13.8. The van der Waals surface area contributed by atoms with Crippen molar-refractivity contribution in [2.24, 2.45) is 5.92 Å². The molecular formula is C21H38N2O6. The molecule has 1 rings (SSSR count). The molecule has 0 aliphatic heterocycles. The van der Waals surface area contributed by atoms with Crippen molar-refractivity contribution in [2.45, 2.75) is 89.6 Å². The number of alkyl carbamates (subject to hydrolysis) is 1. The molecule has 0 heterocycles. The predicted octanol–water partition coefficient (Wildman–Crippen LogP) is 3.13. The monoisotopic (exact) mass is 414 g/mol. The summed E-state index contributed by atoms with van der Waals surface area (Å²) in [5.41, 5.74) is -0.635. The van der Waals surface area contributed by atoms with Crippen molar-refractivity contribution in [1.82, 2.24) is 5.32 Å². The van der Waals surface area contributed by atoms with Crippen molar-refractivity contribution in [2.75, 3.05) is 27.1 Å². The normalized spacial score (nSPS) is 18.5. The van der Waals surface area contributed by atoms with Gasteiger partial charge in [-0.15, -0.1) is 0 Å². The van der Waals surface area contributed by atoms with Gasteiger partial charge in [-0.25, -0.2) is 4.79 Å². The van der Waals surface area contributed by atoms with Crippen LogP contribution in [-0.2, 0) is 18.9 Å². The second-order valence-corrected chi connectivity index (χ2v) is 8.57. The van der Waals surface area contributed by atoms with Gasteiger partial charge in [-0.2, -0.15) is 5.26 Å². The molecule has 0 radical (unpaired) electrons. The van der Waals surface area contributed by atoms with E-state index in [9.17, 15) is 9.90 Å². The lowest BCUT2D eigenvalue weighted by atomic mass is 9.83. The fourth-order valence-corrected chi connectivity index (χ4v) is 3.55. The molecule has 0 aromatic rings. The van der Waals surface area contributed by atoms with Crippen LogP contribution >= 0.6 is 0 Å². The minimum absolute atomic E-state index is 0.0618. The van der Waals surface area contributed by atoms with Crippen molar-refractivity contribution in [3.63, 3.8) is 0 Å². The smallest absolute Gasteiger partial charge is 0.407 e. The Morgan fingerprint density at radius 2 is 1.93 bits per heavy atom. The number of carbonyl (C=O) groups is 1. The van der Waals surface area contributed by atoms with Gasteiger partial charge in [0.1, 0.15) is 18.5 Å². The van der Waals surface area contributed by atoms with E-state index in [2.05, 4.69) is 5.32 Å². The maximum atomic E-state index is 12.4. The standard InChI is InChI=1S/C21H38N2O6/c1-21(2,3)29-20(25)23-17(14-16-8-6-5-7-9-16)19(18(24)10-11-22)28-15-27-13-12-26-4/h16-19,24H,5-10,12-15H2,1-4H3,(H,23,25)/t17-,18-,19+/m0/s1. The fourth-order valence-electron chi connectivity index (χ4n) is 3.55. The molecule has 0 aromatic heterocycles. The third-order valence-electron chi connectivity index (χ3n) is 4.87. The maximum Gasteiger partial charge on any atom is 0.407 e. The van der Waals surface area contributed by atoms with Crippen LogP contribution in [0.1, 0.15) is 65.7 Å². The van der Waals surface area contributed by atoms with Gasteiger partial charge >= 0.3 is 6.09 Å². The molecule has 0 spiro atoms. The number of hydrogen-bond acceptors (Lipinski definition) is 7. The van der Waals surface area contributed by atoms with Gasteiger partial charge in [0.25, 0.3) is 0 Å². The number of aliphatic hydroxyl groups is 1. The van der Waals surface area contributed by atoms with Gasteiger partial charge in [0.15, 0.2) is 0 Å². The van der Waals surface area contributed by atoms with Crippen LogP contribution in [0.2, 0.25) is 0 Å². The first-order valence-electron chi connectivity index (χ1n) is 10.5. The molecule has 1 amide bonds. The van der Waals surface area contributed by atoms with E-state index in [1.807, 2.05) is 6.07 Å². The highest BCUT2D eigenvalue weighted by molar-refractivity contribution is 5.68. The lowest BCUT2D eigenvalue weighted by molar-refractivity contribution is -0.140. The van der Waals surface area contributed by atoms with Gasteiger partial charge in [-0.1, -0.05) is 32.1 Å². The van der Waals surface area contributed by atoms with E-state index >= 15 is 0 Å².